The third-order valence-electron chi connectivity index (χ3n) is 4.49. The van der Waals surface area contributed by atoms with Gasteiger partial charge >= 0.3 is 12.0 Å². The van der Waals surface area contributed by atoms with Crippen LogP contribution in [0.1, 0.15) is 5.56 Å². The van der Waals surface area contributed by atoms with Crippen LogP contribution in [0.5, 0.6) is 17.2 Å². The van der Waals surface area contributed by atoms with Crippen molar-refractivity contribution in [1.29, 1.82) is 0 Å². The third-order valence-corrected chi connectivity index (χ3v) is 4.49. The molecule has 1 aliphatic rings. The largest absolute Gasteiger partial charge is 0.495 e. The molecule has 4 amide bonds. The quantitative estimate of drug-likeness (QED) is 0.383. The standard InChI is InChI=1S/C22H21N3O8/c1-31-16-6-4-3-5-14(16)23-19(26)11-25-21(29)15(24-22(25)30)9-13-7-8-17(18(10-13)32-2)33-12-20(27)28/h3-10H,11-12H2,1-2H3,(H,23,26)(H,24,30)(H,27,28)/b15-9+. The van der Waals surface area contributed by atoms with Crippen LogP contribution >= 0.6 is 0 Å². The summed E-state index contributed by atoms with van der Waals surface area (Å²) in [5.41, 5.74) is 0.856. The zero-order valence-electron chi connectivity index (χ0n) is 17.8. The van der Waals surface area contributed by atoms with Gasteiger partial charge < -0.3 is 30.0 Å². The molecule has 0 bridgehead atoms. The van der Waals surface area contributed by atoms with E-state index in [9.17, 15) is 19.2 Å². The van der Waals surface area contributed by atoms with E-state index in [0.29, 0.717) is 17.0 Å². The first-order chi connectivity index (χ1) is 15.8. The number of nitrogens with zero attached hydrogens (tertiary/aromatic N) is 1. The smallest absolute Gasteiger partial charge is 0.341 e. The number of anilines is 1. The van der Waals surface area contributed by atoms with Crippen molar-refractivity contribution in [3.63, 3.8) is 0 Å². The normalized spacial score (nSPS) is 14.1. The summed E-state index contributed by atoms with van der Waals surface area (Å²) in [5.74, 6) is -1.51. The molecule has 172 valence electrons. The molecule has 0 spiro atoms. The number of rotatable bonds is 9. The number of hydrogen-bond acceptors (Lipinski definition) is 7. The van der Waals surface area contributed by atoms with Crippen molar-refractivity contribution in [3.05, 3.63) is 53.7 Å². The van der Waals surface area contributed by atoms with Crippen LogP contribution in [0.2, 0.25) is 0 Å². The molecule has 2 aromatic carbocycles. The minimum atomic E-state index is -1.14. The van der Waals surface area contributed by atoms with Crippen LogP contribution in [-0.4, -0.2) is 61.2 Å². The second-order valence-corrected chi connectivity index (χ2v) is 6.72. The van der Waals surface area contributed by atoms with E-state index in [1.165, 1.54) is 32.4 Å². The van der Waals surface area contributed by atoms with Crippen molar-refractivity contribution >= 4 is 35.6 Å². The molecule has 1 fully saturated rings. The number of hydrogen-bond donors (Lipinski definition) is 3. The van der Waals surface area contributed by atoms with Gasteiger partial charge in [0.1, 0.15) is 18.0 Å². The number of aliphatic carboxylic acids is 1. The van der Waals surface area contributed by atoms with Crippen molar-refractivity contribution in [2.24, 2.45) is 0 Å². The molecule has 0 saturated carbocycles. The Morgan fingerprint density at radius 1 is 1.06 bits per heavy atom. The van der Waals surface area contributed by atoms with Gasteiger partial charge in [-0.3, -0.25) is 9.59 Å². The zero-order valence-corrected chi connectivity index (χ0v) is 17.8. The fraction of sp³-hybridized carbons (Fsp3) is 0.182. The first-order valence-electron chi connectivity index (χ1n) is 9.62. The van der Waals surface area contributed by atoms with Crippen LogP contribution in [0.3, 0.4) is 0 Å². The fourth-order valence-electron chi connectivity index (χ4n) is 3.00. The zero-order chi connectivity index (χ0) is 24.0. The first-order valence-corrected chi connectivity index (χ1v) is 9.62. The van der Waals surface area contributed by atoms with Crippen molar-refractivity contribution < 1.29 is 38.5 Å². The van der Waals surface area contributed by atoms with E-state index in [1.54, 1.807) is 30.3 Å². The van der Waals surface area contributed by atoms with Gasteiger partial charge in [0.15, 0.2) is 18.1 Å². The number of methoxy groups -OCH3 is 2. The van der Waals surface area contributed by atoms with Crippen molar-refractivity contribution in [1.82, 2.24) is 10.2 Å². The Morgan fingerprint density at radius 2 is 1.79 bits per heavy atom. The van der Waals surface area contributed by atoms with Crippen molar-refractivity contribution in [3.8, 4) is 17.2 Å². The summed E-state index contributed by atoms with van der Waals surface area (Å²) in [6.45, 7) is -1.04. The highest BCUT2D eigenvalue weighted by Gasteiger charge is 2.35. The highest BCUT2D eigenvalue weighted by atomic mass is 16.5. The summed E-state index contributed by atoms with van der Waals surface area (Å²) in [7, 11) is 2.84. The molecule has 1 saturated heterocycles. The van der Waals surface area contributed by atoms with E-state index < -0.39 is 37.0 Å². The predicted octanol–water partition coefficient (Wildman–Crippen LogP) is 1.70. The van der Waals surface area contributed by atoms with E-state index in [1.807, 2.05) is 0 Å². The number of urea groups is 1. The molecule has 0 aliphatic carbocycles. The molecule has 0 atom stereocenters. The average molecular weight is 455 g/mol. The topological polar surface area (TPSA) is 144 Å². The molecule has 1 heterocycles. The highest BCUT2D eigenvalue weighted by Crippen LogP contribution is 2.29. The number of imide groups is 1. The van der Waals surface area contributed by atoms with Gasteiger partial charge in [0, 0.05) is 0 Å². The lowest BCUT2D eigenvalue weighted by Gasteiger charge is -2.13. The molecular weight excluding hydrogens is 434 g/mol. The molecule has 0 aromatic heterocycles. The molecule has 11 nitrogen and oxygen atoms in total. The molecular formula is C22H21N3O8. The van der Waals surface area contributed by atoms with E-state index in [4.69, 9.17) is 19.3 Å². The maximum absolute atomic E-state index is 12.7. The molecule has 0 radical (unpaired) electrons. The number of amides is 4. The minimum Gasteiger partial charge on any atom is -0.495 e. The summed E-state index contributed by atoms with van der Waals surface area (Å²) in [5, 5.41) is 13.8. The van der Waals surface area contributed by atoms with Crippen molar-refractivity contribution in [2.75, 3.05) is 32.7 Å². The Hall–Kier alpha value is -4.54. The van der Waals surface area contributed by atoms with E-state index in [2.05, 4.69) is 10.6 Å². The molecule has 33 heavy (non-hydrogen) atoms. The maximum atomic E-state index is 12.7. The van der Waals surface area contributed by atoms with Gasteiger partial charge in [-0.05, 0) is 35.9 Å². The van der Waals surface area contributed by atoms with Crippen molar-refractivity contribution in [2.45, 2.75) is 0 Å². The Bertz CT molecular complexity index is 1130. The van der Waals surface area contributed by atoms with Crippen LogP contribution in [0.4, 0.5) is 10.5 Å². The van der Waals surface area contributed by atoms with Gasteiger partial charge in [-0.25, -0.2) is 14.5 Å². The van der Waals surface area contributed by atoms with E-state index >= 15 is 0 Å². The Kier molecular flexibility index (Phi) is 7.13. The lowest BCUT2D eigenvalue weighted by Crippen LogP contribution is -2.38. The third kappa shape index (κ3) is 5.58. The number of para-hydroxylation sites is 2. The second-order valence-electron chi connectivity index (χ2n) is 6.72. The van der Waals surface area contributed by atoms with Crippen LogP contribution in [0.25, 0.3) is 6.08 Å². The Balaban J connectivity index is 1.71. The van der Waals surface area contributed by atoms with Gasteiger partial charge in [0.25, 0.3) is 5.91 Å². The van der Waals surface area contributed by atoms with Gasteiger partial charge in [-0.15, -0.1) is 0 Å². The fourth-order valence-corrected chi connectivity index (χ4v) is 3.00. The predicted molar refractivity (Wildman–Crippen MR) is 116 cm³/mol. The summed E-state index contributed by atoms with van der Waals surface area (Å²) in [6, 6.07) is 10.6. The molecule has 3 N–H and O–H groups in total. The number of carboxylic acids is 1. The number of carbonyl (C=O) groups is 4. The van der Waals surface area contributed by atoms with Crippen LogP contribution in [-0.2, 0) is 14.4 Å². The lowest BCUT2D eigenvalue weighted by atomic mass is 10.1. The summed E-state index contributed by atoms with van der Waals surface area (Å²) < 4.78 is 15.5. The molecule has 11 heteroatoms. The molecule has 3 rings (SSSR count). The number of carbonyl (C=O) groups excluding carboxylic acids is 3. The SMILES string of the molecule is COc1ccccc1NC(=O)CN1C(=O)N/C(=C/c2ccc(OCC(=O)O)c(OC)c2)C1=O. The van der Waals surface area contributed by atoms with E-state index in [0.717, 1.165) is 4.90 Å². The number of nitrogens with one attached hydrogen (secondary N) is 2. The summed E-state index contributed by atoms with van der Waals surface area (Å²) >= 11 is 0. The molecule has 1 aliphatic heterocycles. The minimum absolute atomic E-state index is 0.0358. The van der Waals surface area contributed by atoms with Gasteiger partial charge in [0.05, 0.1) is 19.9 Å². The molecule has 0 unspecified atom stereocenters. The Morgan fingerprint density at radius 3 is 2.48 bits per heavy atom. The van der Waals surface area contributed by atoms with Crippen LogP contribution in [0, 0.1) is 0 Å². The first kappa shape index (κ1) is 23.1. The van der Waals surface area contributed by atoms with E-state index in [-0.39, 0.29) is 17.2 Å². The second kappa shape index (κ2) is 10.2. The van der Waals surface area contributed by atoms with Crippen LogP contribution < -0.4 is 24.8 Å². The average Bonchev–Trinajstić information content (AvgIpc) is 3.05. The van der Waals surface area contributed by atoms with Crippen LogP contribution in [0.15, 0.2) is 48.2 Å². The van der Waals surface area contributed by atoms with Gasteiger partial charge in [0.2, 0.25) is 5.91 Å². The Labute approximate surface area is 188 Å². The van der Waals surface area contributed by atoms with Gasteiger partial charge in [-0.2, -0.15) is 0 Å². The van der Waals surface area contributed by atoms with Gasteiger partial charge in [-0.1, -0.05) is 18.2 Å². The number of benzene rings is 2. The number of carboxylic acid groups (broad SMARTS) is 1. The lowest BCUT2D eigenvalue weighted by molar-refractivity contribution is -0.139. The maximum Gasteiger partial charge on any atom is 0.341 e. The molecule has 2 aromatic rings. The summed E-state index contributed by atoms with van der Waals surface area (Å²) in [4.78, 5) is 48.8. The summed E-state index contributed by atoms with van der Waals surface area (Å²) in [6.07, 6.45) is 1.40. The highest BCUT2D eigenvalue weighted by molar-refractivity contribution is 6.16. The number of ether oxygens (including phenoxy) is 3. The monoisotopic (exact) mass is 455 g/mol.